The Balaban J connectivity index is 1.88. The number of rotatable bonds is 2. The van der Waals surface area contributed by atoms with Crippen LogP contribution in [0.25, 0.3) is 0 Å². The molecule has 5 nitrogen and oxygen atoms in total. The minimum atomic E-state index is -2.98. The summed E-state index contributed by atoms with van der Waals surface area (Å²) in [7, 11) is -2.98. The lowest BCUT2D eigenvalue weighted by Crippen LogP contribution is -2.38. The summed E-state index contributed by atoms with van der Waals surface area (Å²) in [5, 5.41) is 5.84. The summed E-state index contributed by atoms with van der Waals surface area (Å²) in [6, 6.07) is 5.97. The van der Waals surface area contributed by atoms with Crippen molar-refractivity contribution in [3.63, 3.8) is 0 Å². The van der Waals surface area contributed by atoms with Gasteiger partial charge in [-0.1, -0.05) is 11.6 Å². The zero-order valence-corrected chi connectivity index (χ0v) is 11.1. The second-order valence-electron chi connectivity index (χ2n) is 4.21. The van der Waals surface area contributed by atoms with Gasteiger partial charge in [0.1, 0.15) is 0 Å². The lowest BCUT2D eigenvalue weighted by Gasteiger charge is -2.11. The number of nitrogens with one attached hydrogen (secondary N) is 2. The molecule has 0 radical (unpaired) electrons. The molecule has 0 unspecified atom stereocenters. The zero-order chi connectivity index (χ0) is 13.2. The molecule has 1 atom stereocenters. The molecule has 1 fully saturated rings. The summed E-state index contributed by atoms with van der Waals surface area (Å²) in [6.45, 7) is 0. The van der Waals surface area contributed by atoms with Gasteiger partial charge in [-0.15, -0.1) is 0 Å². The number of carbonyl (C=O) groups is 1. The van der Waals surface area contributed by atoms with Gasteiger partial charge in [0.05, 0.1) is 11.5 Å². The predicted octanol–water partition coefficient (Wildman–Crippen LogP) is 1.65. The van der Waals surface area contributed by atoms with E-state index >= 15 is 0 Å². The fourth-order valence-electron chi connectivity index (χ4n) is 1.79. The fourth-order valence-corrected chi connectivity index (χ4v) is 3.59. The van der Waals surface area contributed by atoms with Crippen LogP contribution in [0.1, 0.15) is 6.42 Å². The Hall–Kier alpha value is -1.27. The smallest absolute Gasteiger partial charge is 0.319 e. The number of anilines is 1. The molecule has 2 amide bonds. The average molecular weight is 289 g/mol. The average Bonchev–Trinajstić information content (AvgIpc) is 2.61. The third-order valence-corrected chi connectivity index (χ3v) is 4.69. The Morgan fingerprint density at radius 1 is 1.28 bits per heavy atom. The molecule has 18 heavy (non-hydrogen) atoms. The Morgan fingerprint density at radius 3 is 2.50 bits per heavy atom. The van der Waals surface area contributed by atoms with Crippen LogP contribution in [0.3, 0.4) is 0 Å². The second-order valence-corrected chi connectivity index (χ2v) is 6.87. The van der Waals surface area contributed by atoms with Crippen LogP contribution in [-0.4, -0.2) is 32.0 Å². The standard InChI is InChI=1S/C11H13ClN2O3S/c12-8-1-3-9(4-2-8)13-11(15)14-10-5-6-18(16,17)7-10/h1-4,10H,5-7H2,(H2,13,14,15)/t10-/m0/s1. The van der Waals surface area contributed by atoms with Gasteiger partial charge in [-0.25, -0.2) is 13.2 Å². The number of sulfone groups is 1. The number of halogens is 1. The zero-order valence-electron chi connectivity index (χ0n) is 9.52. The van der Waals surface area contributed by atoms with Gasteiger partial charge in [-0.05, 0) is 30.7 Å². The molecule has 7 heteroatoms. The quantitative estimate of drug-likeness (QED) is 0.869. The van der Waals surface area contributed by atoms with E-state index in [1.54, 1.807) is 24.3 Å². The van der Waals surface area contributed by atoms with Gasteiger partial charge < -0.3 is 10.6 Å². The Bertz CT molecular complexity index is 542. The molecule has 1 saturated heterocycles. The molecule has 1 aliphatic rings. The maximum Gasteiger partial charge on any atom is 0.319 e. The number of urea groups is 1. The Kier molecular flexibility index (Phi) is 3.77. The Morgan fingerprint density at radius 2 is 1.94 bits per heavy atom. The molecule has 0 saturated carbocycles. The molecule has 1 aromatic carbocycles. The van der Waals surface area contributed by atoms with Crippen LogP contribution in [0.5, 0.6) is 0 Å². The summed E-state index contributed by atoms with van der Waals surface area (Å²) in [6.07, 6.45) is 0.469. The number of amides is 2. The molecule has 1 aliphatic heterocycles. The maximum atomic E-state index is 11.6. The van der Waals surface area contributed by atoms with E-state index in [0.717, 1.165) is 0 Å². The highest BCUT2D eigenvalue weighted by atomic mass is 35.5. The molecule has 1 heterocycles. The van der Waals surface area contributed by atoms with E-state index in [4.69, 9.17) is 11.6 Å². The monoisotopic (exact) mass is 288 g/mol. The van der Waals surface area contributed by atoms with Crippen LogP contribution in [0.15, 0.2) is 24.3 Å². The number of benzene rings is 1. The summed E-state index contributed by atoms with van der Waals surface area (Å²) < 4.78 is 22.5. The van der Waals surface area contributed by atoms with Crippen molar-refractivity contribution in [2.24, 2.45) is 0 Å². The lowest BCUT2D eigenvalue weighted by molar-refractivity contribution is 0.249. The highest BCUT2D eigenvalue weighted by Crippen LogP contribution is 2.14. The van der Waals surface area contributed by atoms with E-state index < -0.39 is 15.9 Å². The second kappa shape index (κ2) is 5.16. The molecule has 98 valence electrons. The third-order valence-electron chi connectivity index (χ3n) is 2.67. The van der Waals surface area contributed by atoms with E-state index in [1.165, 1.54) is 0 Å². The van der Waals surface area contributed by atoms with Crippen molar-refractivity contribution in [1.29, 1.82) is 0 Å². The molecule has 1 aromatic rings. The van der Waals surface area contributed by atoms with Crippen molar-refractivity contribution in [3.8, 4) is 0 Å². The highest BCUT2D eigenvalue weighted by Gasteiger charge is 2.28. The topological polar surface area (TPSA) is 75.3 Å². The molecular formula is C11H13ClN2O3S. The number of carbonyl (C=O) groups excluding carboxylic acids is 1. The van der Waals surface area contributed by atoms with Gasteiger partial charge in [0, 0.05) is 16.8 Å². The summed E-state index contributed by atoms with van der Waals surface area (Å²) >= 11 is 5.72. The molecule has 2 rings (SSSR count). The van der Waals surface area contributed by atoms with Crippen molar-refractivity contribution in [1.82, 2.24) is 5.32 Å². The number of hydrogen-bond donors (Lipinski definition) is 2. The van der Waals surface area contributed by atoms with Gasteiger partial charge in [0.25, 0.3) is 0 Å². The molecular weight excluding hydrogens is 276 g/mol. The van der Waals surface area contributed by atoms with Crippen LogP contribution in [-0.2, 0) is 9.84 Å². The van der Waals surface area contributed by atoms with E-state index in [2.05, 4.69) is 10.6 Å². The highest BCUT2D eigenvalue weighted by molar-refractivity contribution is 7.91. The van der Waals surface area contributed by atoms with E-state index in [0.29, 0.717) is 17.1 Å². The van der Waals surface area contributed by atoms with E-state index in [9.17, 15) is 13.2 Å². The van der Waals surface area contributed by atoms with E-state index in [-0.39, 0.29) is 17.5 Å². The molecule has 0 bridgehead atoms. The van der Waals surface area contributed by atoms with Gasteiger partial charge >= 0.3 is 6.03 Å². The van der Waals surface area contributed by atoms with Gasteiger partial charge in [-0.2, -0.15) is 0 Å². The fraction of sp³-hybridized carbons (Fsp3) is 0.364. The largest absolute Gasteiger partial charge is 0.334 e. The molecule has 0 aliphatic carbocycles. The van der Waals surface area contributed by atoms with Crippen LogP contribution >= 0.6 is 11.6 Å². The first-order valence-electron chi connectivity index (χ1n) is 5.48. The minimum Gasteiger partial charge on any atom is -0.334 e. The lowest BCUT2D eigenvalue weighted by atomic mass is 10.3. The normalized spacial score (nSPS) is 21.5. The SMILES string of the molecule is O=C(Nc1ccc(Cl)cc1)N[C@H]1CCS(=O)(=O)C1. The molecule has 2 N–H and O–H groups in total. The molecule has 0 aromatic heterocycles. The molecule has 0 spiro atoms. The predicted molar refractivity (Wildman–Crippen MR) is 70.7 cm³/mol. The summed E-state index contributed by atoms with van der Waals surface area (Å²) in [4.78, 5) is 11.6. The van der Waals surface area contributed by atoms with Gasteiger partial charge in [-0.3, -0.25) is 0 Å². The van der Waals surface area contributed by atoms with Gasteiger partial charge in [0.15, 0.2) is 9.84 Å². The van der Waals surface area contributed by atoms with Crippen molar-refractivity contribution in [3.05, 3.63) is 29.3 Å². The first kappa shape index (κ1) is 13.2. The van der Waals surface area contributed by atoms with Crippen LogP contribution in [0, 0.1) is 0 Å². The van der Waals surface area contributed by atoms with Crippen LogP contribution < -0.4 is 10.6 Å². The summed E-state index contributed by atoms with van der Waals surface area (Å²) in [5.74, 6) is 0.153. The minimum absolute atomic E-state index is 0.0149. The third kappa shape index (κ3) is 3.61. The maximum absolute atomic E-state index is 11.6. The number of hydrogen-bond acceptors (Lipinski definition) is 3. The van der Waals surface area contributed by atoms with Crippen molar-refractivity contribution in [2.75, 3.05) is 16.8 Å². The van der Waals surface area contributed by atoms with Crippen LogP contribution in [0.4, 0.5) is 10.5 Å². The van der Waals surface area contributed by atoms with Crippen molar-refractivity contribution >= 4 is 33.2 Å². The van der Waals surface area contributed by atoms with Gasteiger partial charge in [0.2, 0.25) is 0 Å². The summed E-state index contributed by atoms with van der Waals surface area (Å²) in [5.41, 5.74) is 0.609. The van der Waals surface area contributed by atoms with Crippen LogP contribution in [0.2, 0.25) is 5.02 Å². The first-order chi connectivity index (χ1) is 8.44. The van der Waals surface area contributed by atoms with Crippen molar-refractivity contribution < 1.29 is 13.2 Å². The first-order valence-corrected chi connectivity index (χ1v) is 7.68. The Labute approximate surface area is 110 Å². The van der Waals surface area contributed by atoms with Crippen molar-refractivity contribution in [2.45, 2.75) is 12.5 Å². The van der Waals surface area contributed by atoms with E-state index in [1.807, 2.05) is 0 Å².